The van der Waals surface area contributed by atoms with E-state index in [-0.39, 0.29) is 12.0 Å². The molecule has 0 radical (unpaired) electrons. The Morgan fingerprint density at radius 3 is 2.65 bits per heavy atom. The number of nitrogens with zero attached hydrogens (tertiary/aromatic N) is 3. The first-order valence-corrected chi connectivity index (χ1v) is 11.5. The number of piperazine rings is 1. The lowest BCUT2D eigenvalue weighted by molar-refractivity contribution is -0.117. The van der Waals surface area contributed by atoms with Crippen LogP contribution in [0.2, 0.25) is 0 Å². The van der Waals surface area contributed by atoms with E-state index in [4.69, 9.17) is 4.74 Å². The molecule has 1 aromatic carbocycles. The van der Waals surface area contributed by atoms with Gasteiger partial charge in [0, 0.05) is 43.8 Å². The highest BCUT2D eigenvalue weighted by atomic mass is 32.2. The molecule has 0 unspecified atom stereocenters. The van der Waals surface area contributed by atoms with Crippen LogP contribution in [0.15, 0.2) is 53.7 Å². The van der Waals surface area contributed by atoms with Crippen LogP contribution in [-0.4, -0.2) is 66.1 Å². The normalized spacial score (nSPS) is 14.5. The zero-order valence-corrected chi connectivity index (χ0v) is 18.9. The number of ether oxygens (including phenoxy) is 1. The fraction of sp³-hybridized carbons (Fsp3) is 0.435. The number of nitrogens with one attached hydrogen (secondary N) is 1. The Balaban J connectivity index is 1.41. The smallest absolute Gasteiger partial charge is 0.409 e. The second-order valence-electron chi connectivity index (χ2n) is 7.94. The zero-order chi connectivity index (χ0) is 22.1. The van der Waals surface area contributed by atoms with E-state index >= 15 is 0 Å². The van der Waals surface area contributed by atoms with Crippen molar-refractivity contribution in [3.63, 3.8) is 0 Å². The van der Waals surface area contributed by atoms with Gasteiger partial charge in [0.15, 0.2) is 0 Å². The van der Waals surface area contributed by atoms with Gasteiger partial charge in [-0.15, -0.1) is 11.8 Å². The van der Waals surface area contributed by atoms with Gasteiger partial charge in [-0.25, -0.2) is 9.78 Å². The van der Waals surface area contributed by atoms with Crippen LogP contribution in [-0.2, 0) is 15.3 Å². The minimum Gasteiger partial charge on any atom is -0.449 e. The third-order valence-electron chi connectivity index (χ3n) is 4.77. The highest BCUT2D eigenvalue weighted by Crippen LogP contribution is 2.22. The van der Waals surface area contributed by atoms with Gasteiger partial charge < -0.3 is 15.0 Å². The second kappa shape index (κ2) is 11.7. The van der Waals surface area contributed by atoms with Gasteiger partial charge in [-0.3, -0.25) is 9.69 Å². The molecule has 3 rings (SSSR count). The molecule has 0 atom stereocenters. The molecule has 2 aromatic rings. The van der Waals surface area contributed by atoms with E-state index in [1.165, 1.54) is 0 Å². The van der Waals surface area contributed by atoms with Gasteiger partial charge >= 0.3 is 6.09 Å². The summed E-state index contributed by atoms with van der Waals surface area (Å²) in [5, 5.41) is 3.96. The molecule has 8 heteroatoms. The number of benzene rings is 1. The first-order valence-electron chi connectivity index (χ1n) is 10.6. The maximum Gasteiger partial charge on any atom is 0.409 e. The van der Waals surface area contributed by atoms with E-state index in [2.05, 4.69) is 15.2 Å². The van der Waals surface area contributed by atoms with Crippen molar-refractivity contribution in [2.45, 2.75) is 24.6 Å². The number of rotatable bonds is 8. The minimum absolute atomic E-state index is 0.0506. The summed E-state index contributed by atoms with van der Waals surface area (Å²) >= 11 is 1.66. The zero-order valence-electron chi connectivity index (χ0n) is 18.1. The molecule has 0 saturated carbocycles. The van der Waals surface area contributed by atoms with Crippen molar-refractivity contribution in [2.24, 2.45) is 5.92 Å². The van der Waals surface area contributed by atoms with Crippen molar-refractivity contribution in [3.8, 4) is 0 Å². The molecule has 2 amide bonds. The predicted octanol–water partition coefficient (Wildman–Crippen LogP) is 3.72. The van der Waals surface area contributed by atoms with Gasteiger partial charge in [-0.05, 0) is 35.7 Å². The highest BCUT2D eigenvalue weighted by Gasteiger charge is 2.23. The number of hydrogen-bond donors (Lipinski definition) is 1. The van der Waals surface area contributed by atoms with Crippen LogP contribution in [0.1, 0.15) is 19.4 Å². The molecule has 1 aromatic heterocycles. The monoisotopic (exact) mass is 442 g/mol. The summed E-state index contributed by atoms with van der Waals surface area (Å²) in [4.78, 5) is 32.6. The summed E-state index contributed by atoms with van der Waals surface area (Å²) in [7, 11) is 0. The van der Waals surface area contributed by atoms with E-state index in [0.717, 1.165) is 22.0 Å². The summed E-state index contributed by atoms with van der Waals surface area (Å²) < 4.78 is 5.28. The van der Waals surface area contributed by atoms with Gasteiger partial charge in [-0.2, -0.15) is 0 Å². The van der Waals surface area contributed by atoms with Crippen LogP contribution in [0.3, 0.4) is 0 Å². The van der Waals surface area contributed by atoms with Gasteiger partial charge in [0.25, 0.3) is 0 Å². The molecule has 0 aliphatic carbocycles. The molecular weight excluding hydrogens is 412 g/mol. The molecule has 166 valence electrons. The molecule has 1 saturated heterocycles. The fourth-order valence-corrected chi connectivity index (χ4v) is 3.95. The Labute approximate surface area is 188 Å². The average molecular weight is 443 g/mol. The van der Waals surface area contributed by atoms with Crippen LogP contribution in [0.25, 0.3) is 0 Å². The van der Waals surface area contributed by atoms with Gasteiger partial charge in [-0.1, -0.05) is 32.0 Å². The topological polar surface area (TPSA) is 74.8 Å². The highest BCUT2D eigenvalue weighted by molar-refractivity contribution is 7.98. The first kappa shape index (κ1) is 23.1. The quantitative estimate of drug-likeness (QED) is 0.628. The standard InChI is InChI=1S/C23H30N4O3S/c1-18(2)16-30-23(29)27-12-10-26(11-13-27)15-21(28)25-20-7-5-6-19(14-20)17-31-22-8-3-4-9-24-22/h3-9,14,18H,10-13,15-17H2,1-2H3,(H,25,28). The number of carbonyl (C=O) groups excluding carboxylic acids is 2. The van der Waals surface area contributed by atoms with Crippen molar-refractivity contribution < 1.29 is 14.3 Å². The van der Waals surface area contributed by atoms with Crippen LogP contribution in [0, 0.1) is 5.92 Å². The molecule has 1 fully saturated rings. The number of thioether (sulfide) groups is 1. The summed E-state index contributed by atoms with van der Waals surface area (Å²) in [6.45, 7) is 7.23. The lowest BCUT2D eigenvalue weighted by Crippen LogP contribution is -2.50. The van der Waals surface area contributed by atoms with Crippen molar-refractivity contribution in [1.82, 2.24) is 14.8 Å². The van der Waals surface area contributed by atoms with Crippen molar-refractivity contribution in [3.05, 3.63) is 54.2 Å². The molecule has 1 aliphatic rings. The van der Waals surface area contributed by atoms with E-state index < -0.39 is 0 Å². The number of aromatic nitrogens is 1. The molecule has 7 nitrogen and oxygen atoms in total. The Kier molecular flexibility index (Phi) is 8.73. The molecule has 1 N–H and O–H groups in total. The first-order chi connectivity index (χ1) is 15.0. The maximum absolute atomic E-state index is 12.5. The molecule has 31 heavy (non-hydrogen) atoms. The van der Waals surface area contributed by atoms with E-state index in [0.29, 0.717) is 45.2 Å². The van der Waals surface area contributed by atoms with Gasteiger partial charge in [0.1, 0.15) is 0 Å². The van der Waals surface area contributed by atoms with E-state index in [1.54, 1.807) is 22.9 Å². The van der Waals surface area contributed by atoms with Crippen molar-refractivity contribution >= 4 is 29.4 Å². The fourth-order valence-electron chi connectivity index (χ4n) is 3.15. The van der Waals surface area contributed by atoms with E-state index in [9.17, 15) is 9.59 Å². The molecular formula is C23H30N4O3S. The van der Waals surface area contributed by atoms with Gasteiger partial charge in [0.2, 0.25) is 5.91 Å². The van der Waals surface area contributed by atoms with Crippen molar-refractivity contribution in [1.29, 1.82) is 0 Å². The number of carbonyl (C=O) groups is 2. The summed E-state index contributed by atoms with van der Waals surface area (Å²) in [6.07, 6.45) is 1.52. The summed E-state index contributed by atoms with van der Waals surface area (Å²) in [6, 6.07) is 13.7. The number of anilines is 1. The molecule has 1 aliphatic heterocycles. The van der Waals surface area contributed by atoms with Crippen LogP contribution >= 0.6 is 11.8 Å². The van der Waals surface area contributed by atoms with Gasteiger partial charge in [0.05, 0.1) is 18.2 Å². The average Bonchev–Trinajstić information content (AvgIpc) is 2.77. The largest absolute Gasteiger partial charge is 0.449 e. The van der Waals surface area contributed by atoms with Crippen LogP contribution in [0.4, 0.5) is 10.5 Å². The Hall–Kier alpha value is -2.58. The van der Waals surface area contributed by atoms with E-state index in [1.807, 2.05) is 56.3 Å². The Bertz CT molecular complexity index is 855. The Morgan fingerprint density at radius 1 is 1.13 bits per heavy atom. The number of pyridine rings is 1. The SMILES string of the molecule is CC(C)COC(=O)N1CCN(CC(=O)Nc2cccc(CSc3ccccn3)c2)CC1. The molecule has 0 spiro atoms. The third-order valence-corrected chi connectivity index (χ3v) is 5.79. The predicted molar refractivity (Wildman–Crippen MR) is 123 cm³/mol. The third kappa shape index (κ3) is 7.88. The second-order valence-corrected chi connectivity index (χ2v) is 8.93. The molecule has 2 heterocycles. The lowest BCUT2D eigenvalue weighted by atomic mass is 10.2. The summed E-state index contributed by atoms with van der Waals surface area (Å²) in [5.74, 6) is 1.06. The maximum atomic E-state index is 12.5. The minimum atomic E-state index is -0.266. The van der Waals surface area contributed by atoms with Crippen LogP contribution < -0.4 is 5.32 Å². The van der Waals surface area contributed by atoms with Crippen LogP contribution in [0.5, 0.6) is 0 Å². The number of amides is 2. The number of hydrogen-bond acceptors (Lipinski definition) is 6. The molecule has 0 bridgehead atoms. The van der Waals surface area contributed by atoms with Crippen molar-refractivity contribution in [2.75, 3.05) is 44.6 Å². The summed E-state index contributed by atoms with van der Waals surface area (Å²) in [5.41, 5.74) is 1.92. The Morgan fingerprint density at radius 2 is 1.94 bits per heavy atom. The lowest BCUT2D eigenvalue weighted by Gasteiger charge is -2.33.